The van der Waals surface area contributed by atoms with Crippen molar-refractivity contribution in [2.24, 2.45) is 0 Å². The van der Waals surface area contributed by atoms with Crippen molar-refractivity contribution >= 4 is 40.6 Å². The van der Waals surface area contributed by atoms with E-state index >= 15 is 0 Å². The van der Waals surface area contributed by atoms with Gasteiger partial charge in [0.2, 0.25) is 0 Å². The van der Waals surface area contributed by atoms with Crippen LogP contribution in [0.25, 0.3) is 0 Å². The number of hydrogen-bond donors (Lipinski definition) is 1. The van der Waals surface area contributed by atoms with Crippen LogP contribution >= 0.6 is 23.2 Å². The van der Waals surface area contributed by atoms with E-state index < -0.39 is 11.7 Å². The Morgan fingerprint density at radius 1 is 1.14 bits per heavy atom. The molecule has 2 N–H and O–H groups in total. The fourth-order valence-electron chi connectivity index (χ4n) is 3.51. The summed E-state index contributed by atoms with van der Waals surface area (Å²) in [6, 6.07) is 4.88. The lowest BCUT2D eigenvalue weighted by Crippen LogP contribution is -2.59. The van der Waals surface area contributed by atoms with E-state index in [2.05, 4.69) is 4.98 Å². The molecule has 2 atom stereocenters. The molecule has 1 fully saturated rings. The molecule has 0 bridgehead atoms. The van der Waals surface area contributed by atoms with Gasteiger partial charge in [0.15, 0.2) is 0 Å². The predicted octanol–water partition coefficient (Wildman–Crippen LogP) is 4.73. The van der Waals surface area contributed by atoms with Crippen LogP contribution in [0, 0.1) is 0 Å². The second kappa shape index (κ2) is 7.91. The second-order valence-corrected chi connectivity index (χ2v) is 7.89. The molecule has 0 saturated carbocycles. The van der Waals surface area contributed by atoms with Crippen molar-refractivity contribution in [3.05, 3.63) is 51.6 Å². The first-order chi connectivity index (χ1) is 13.5. The van der Waals surface area contributed by atoms with E-state index in [9.17, 15) is 18.0 Å². The number of piperazine rings is 1. The number of carbonyl (C=O) groups is 1. The zero-order valence-electron chi connectivity index (χ0n) is 15.7. The van der Waals surface area contributed by atoms with Gasteiger partial charge in [0.1, 0.15) is 5.82 Å². The number of nitrogen functional groups attached to an aromatic ring is 1. The summed E-state index contributed by atoms with van der Waals surface area (Å²) >= 11 is 12.1. The van der Waals surface area contributed by atoms with E-state index in [1.54, 1.807) is 4.90 Å². The van der Waals surface area contributed by atoms with Gasteiger partial charge in [0, 0.05) is 36.9 Å². The molecule has 1 saturated heterocycles. The van der Waals surface area contributed by atoms with Crippen molar-refractivity contribution in [2.45, 2.75) is 32.1 Å². The van der Waals surface area contributed by atoms with Gasteiger partial charge in [0.05, 0.1) is 21.3 Å². The Hall–Kier alpha value is -2.19. The highest BCUT2D eigenvalue weighted by atomic mass is 35.5. The summed E-state index contributed by atoms with van der Waals surface area (Å²) in [6.07, 6.45) is -3.61. The maximum atomic E-state index is 13.0. The number of pyridine rings is 1. The van der Waals surface area contributed by atoms with E-state index in [1.165, 1.54) is 18.2 Å². The normalized spacial score (nSPS) is 20.1. The highest BCUT2D eigenvalue weighted by Gasteiger charge is 2.35. The van der Waals surface area contributed by atoms with Crippen LogP contribution in [-0.2, 0) is 6.18 Å². The van der Waals surface area contributed by atoms with Gasteiger partial charge < -0.3 is 15.5 Å². The van der Waals surface area contributed by atoms with Crippen LogP contribution in [0.2, 0.25) is 10.0 Å². The minimum absolute atomic E-state index is 0.203. The number of nitrogens with zero attached hydrogens (tertiary/aromatic N) is 3. The number of anilines is 2. The molecule has 156 valence electrons. The van der Waals surface area contributed by atoms with Gasteiger partial charge in [-0.15, -0.1) is 0 Å². The van der Waals surface area contributed by atoms with E-state index in [4.69, 9.17) is 28.9 Å². The molecule has 3 rings (SSSR count). The summed E-state index contributed by atoms with van der Waals surface area (Å²) in [4.78, 5) is 20.6. The number of rotatable bonds is 2. The zero-order chi connectivity index (χ0) is 21.5. The van der Waals surface area contributed by atoms with Crippen LogP contribution in [0.3, 0.4) is 0 Å². The molecule has 10 heteroatoms. The third kappa shape index (κ3) is 4.38. The Bertz CT molecular complexity index is 886. The van der Waals surface area contributed by atoms with Crippen LogP contribution in [0.15, 0.2) is 30.5 Å². The molecule has 0 aliphatic carbocycles. The Morgan fingerprint density at radius 2 is 1.69 bits per heavy atom. The summed E-state index contributed by atoms with van der Waals surface area (Å²) in [7, 11) is 0. The van der Waals surface area contributed by atoms with E-state index in [1.807, 2.05) is 18.7 Å². The van der Waals surface area contributed by atoms with E-state index in [0.717, 1.165) is 12.3 Å². The molecule has 0 spiro atoms. The van der Waals surface area contributed by atoms with Crippen molar-refractivity contribution in [1.82, 2.24) is 9.88 Å². The molecule has 2 heterocycles. The van der Waals surface area contributed by atoms with Gasteiger partial charge in [-0.05, 0) is 38.1 Å². The van der Waals surface area contributed by atoms with Crippen molar-refractivity contribution in [3.63, 3.8) is 0 Å². The second-order valence-electron chi connectivity index (χ2n) is 7.07. The van der Waals surface area contributed by atoms with Crippen LogP contribution in [-0.4, -0.2) is 41.0 Å². The molecule has 1 aliphatic rings. The van der Waals surface area contributed by atoms with Crippen molar-refractivity contribution < 1.29 is 18.0 Å². The molecule has 1 aromatic heterocycles. The maximum absolute atomic E-state index is 13.0. The fraction of sp³-hybridized carbons (Fsp3) is 0.368. The number of benzene rings is 1. The first-order valence-electron chi connectivity index (χ1n) is 8.84. The summed E-state index contributed by atoms with van der Waals surface area (Å²) < 4.78 is 38.2. The molecular formula is C19H19Cl2F3N4O. The molecule has 1 amide bonds. The van der Waals surface area contributed by atoms with Crippen molar-refractivity contribution in [1.29, 1.82) is 0 Å². The van der Waals surface area contributed by atoms with Crippen LogP contribution in [0.4, 0.5) is 24.7 Å². The van der Waals surface area contributed by atoms with Crippen LogP contribution < -0.4 is 10.6 Å². The monoisotopic (exact) mass is 446 g/mol. The van der Waals surface area contributed by atoms with Crippen molar-refractivity contribution in [3.8, 4) is 0 Å². The lowest BCUT2D eigenvalue weighted by atomic mass is 10.0. The first-order valence-corrected chi connectivity index (χ1v) is 9.60. The molecule has 0 unspecified atom stereocenters. The van der Waals surface area contributed by atoms with Gasteiger partial charge >= 0.3 is 6.18 Å². The molecule has 1 aromatic carbocycles. The minimum Gasteiger partial charge on any atom is -0.396 e. The number of amides is 1. The number of halogens is 5. The smallest absolute Gasteiger partial charge is 0.396 e. The molecule has 2 aromatic rings. The van der Waals surface area contributed by atoms with Crippen LogP contribution in [0.5, 0.6) is 0 Å². The minimum atomic E-state index is -4.43. The predicted molar refractivity (Wildman–Crippen MR) is 107 cm³/mol. The third-order valence-electron chi connectivity index (χ3n) is 4.88. The van der Waals surface area contributed by atoms with Crippen LogP contribution in [0.1, 0.15) is 29.8 Å². The Balaban J connectivity index is 1.79. The Morgan fingerprint density at radius 3 is 2.14 bits per heavy atom. The number of aromatic nitrogens is 1. The molecular weight excluding hydrogens is 428 g/mol. The Labute approximate surface area is 176 Å². The molecule has 5 nitrogen and oxygen atoms in total. The topological polar surface area (TPSA) is 62.5 Å². The lowest BCUT2D eigenvalue weighted by Gasteiger charge is -2.45. The summed E-state index contributed by atoms with van der Waals surface area (Å²) in [5.74, 6) is 0.191. The standard InChI is InChI=1S/C19H19Cl2F3N4O/c1-10-8-27(16-4-3-13(7-26-16)19(22,23)24)9-11(2)28(10)18(29)12-5-14(20)17(25)15(21)6-12/h3-7,10-11H,8-9,25H2,1-2H3/t10-,11+. The maximum Gasteiger partial charge on any atom is 0.417 e. The van der Waals surface area contributed by atoms with Gasteiger partial charge in [-0.3, -0.25) is 4.79 Å². The summed E-state index contributed by atoms with van der Waals surface area (Å²) in [5, 5.41) is 0.405. The molecule has 1 aliphatic heterocycles. The van der Waals surface area contributed by atoms with Gasteiger partial charge in [-0.1, -0.05) is 23.2 Å². The largest absolute Gasteiger partial charge is 0.417 e. The zero-order valence-corrected chi connectivity index (χ0v) is 17.2. The molecule has 0 radical (unpaired) electrons. The van der Waals surface area contributed by atoms with Gasteiger partial charge in [-0.25, -0.2) is 4.98 Å². The quantitative estimate of drug-likeness (QED) is 0.677. The van der Waals surface area contributed by atoms with Gasteiger partial charge in [0.25, 0.3) is 5.91 Å². The highest BCUT2D eigenvalue weighted by Crippen LogP contribution is 2.32. The molecule has 29 heavy (non-hydrogen) atoms. The fourth-order valence-corrected chi connectivity index (χ4v) is 3.99. The number of carbonyl (C=O) groups excluding carboxylic acids is 1. The summed E-state index contributed by atoms with van der Waals surface area (Å²) in [5.41, 5.74) is 5.47. The number of alkyl halides is 3. The van der Waals surface area contributed by atoms with E-state index in [-0.39, 0.29) is 33.7 Å². The van der Waals surface area contributed by atoms with Gasteiger partial charge in [-0.2, -0.15) is 13.2 Å². The van der Waals surface area contributed by atoms with E-state index in [0.29, 0.717) is 24.5 Å². The van der Waals surface area contributed by atoms with Crippen molar-refractivity contribution in [2.75, 3.05) is 23.7 Å². The lowest BCUT2D eigenvalue weighted by molar-refractivity contribution is -0.137. The number of nitrogens with two attached hydrogens (primary N) is 1. The Kier molecular flexibility index (Phi) is 5.87. The summed E-state index contributed by atoms with van der Waals surface area (Å²) in [6.45, 7) is 4.58. The average Bonchev–Trinajstić information content (AvgIpc) is 2.64. The number of hydrogen-bond acceptors (Lipinski definition) is 4. The SMILES string of the molecule is C[C@@H]1CN(c2ccc(C(F)(F)F)cn2)C[C@H](C)N1C(=O)c1cc(Cl)c(N)c(Cl)c1. The third-order valence-corrected chi connectivity index (χ3v) is 5.50. The highest BCUT2D eigenvalue weighted by molar-refractivity contribution is 6.39. The first kappa shape index (κ1) is 21.5. The average molecular weight is 447 g/mol.